The maximum Gasteiger partial charge on any atom is -0.0149 e. The highest BCUT2D eigenvalue weighted by atomic mass is 14.2. The molecule has 0 radical (unpaired) electrons. The van der Waals surface area contributed by atoms with E-state index >= 15 is 0 Å². The molecule has 2 aromatic carbocycles. The highest BCUT2D eigenvalue weighted by Crippen LogP contribution is 2.31. The molecule has 0 N–H and O–H groups in total. The third kappa shape index (κ3) is 3.19. The summed E-state index contributed by atoms with van der Waals surface area (Å²) in [6.07, 6.45) is 9.41. The van der Waals surface area contributed by atoms with Gasteiger partial charge in [0.05, 0.1) is 0 Å². The van der Waals surface area contributed by atoms with Crippen molar-refractivity contribution >= 4 is 5.57 Å². The predicted octanol–water partition coefficient (Wildman–Crippen LogP) is 5.70. The van der Waals surface area contributed by atoms with Crippen LogP contribution in [-0.2, 0) is 0 Å². The van der Waals surface area contributed by atoms with Crippen LogP contribution in [0.5, 0.6) is 0 Å². The summed E-state index contributed by atoms with van der Waals surface area (Å²) in [5, 5.41) is 0. The van der Waals surface area contributed by atoms with Gasteiger partial charge in [-0.3, -0.25) is 0 Å². The first-order chi connectivity index (χ1) is 9.93. The van der Waals surface area contributed by atoms with Gasteiger partial charge in [0.2, 0.25) is 0 Å². The van der Waals surface area contributed by atoms with Gasteiger partial charge in [0.25, 0.3) is 0 Å². The van der Waals surface area contributed by atoms with Crippen molar-refractivity contribution in [3.8, 4) is 0 Å². The van der Waals surface area contributed by atoms with Gasteiger partial charge in [0.15, 0.2) is 0 Å². The van der Waals surface area contributed by atoms with Gasteiger partial charge in [0, 0.05) is 0 Å². The summed E-state index contributed by atoms with van der Waals surface area (Å²) in [5.41, 5.74) is 4.08. The average molecular weight is 262 g/mol. The van der Waals surface area contributed by atoms with Crippen LogP contribution >= 0.6 is 0 Å². The van der Waals surface area contributed by atoms with Crippen LogP contribution in [0.3, 0.4) is 0 Å². The summed E-state index contributed by atoms with van der Waals surface area (Å²) < 4.78 is 0. The van der Waals surface area contributed by atoms with Crippen LogP contribution in [0.2, 0.25) is 0 Å². The molecule has 2 aromatic rings. The highest BCUT2D eigenvalue weighted by molar-refractivity contribution is 5.79. The number of hydrogen-bond donors (Lipinski definition) is 0. The van der Waals surface area contributed by atoms with Gasteiger partial charge in [-0.05, 0) is 35.5 Å². The van der Waals surface area contributed by atoms with E-state index in [1.807, 2.05) is 0 Å². The molecule has 0 atom stereocenters. The Morgan fingerprint density at radius 3 is 1.70 bits per heavy atom. The second kappa shape index (κ2) is 6.56. The number of rotatable bonds is 3. The molecule has 3 rings (SSSR count). The number of hydrogen-bond acceptors (Lipinski definition) is 0. The molecule has 1 saturated carbocycles. The van der Waals surface area contributed by atoms with Crippen molar-refractivity contribution in [1.29, 1.82) is 0 Å². The second-order valence-corrected chi connectivity index (χ2v) is 5.71. The fraction of sp³-hybridized carbons (Fsp3) is 0.300. The Morgan fingerprint density at radius 2 is 1.20 bits per heavy atom. The van der Waals surface area contributed by atoms with Gasteiger partial charge in [-0.25, -0.2) is 0 Å². The Labute approximate surface area is 122 Å². The lowest BCUT2D eigenvalue weighted by molar-refractivity contribution is 0.420. The molecule has 0 aromatic heterocycles. The molecule has 20 heavy (non-hydrogen) atoms. The second-order valence-electron chi connectivity index (χ2n) is 5.71. The van der Waals surface area contributed by atoms with Crippen LogP contribution in [0.4, 0.5) is 0 Å². The quantitative estimate of drug-likeness (QED) is 0.665. The minimum absolute atomic E-state index is 0.749. The van der Waals surface area contributed by atoms with Crippen molar-refractivity contribution in [3.05, 3.63) is 77.9 Å². The largest absolute Gasteiger partial charge is 0.0729 e. The first-order valence-corrected chi connectivity index (χ1v) is 7.76. The molecule has 0 nitrogen and oxygen atoms in total. The van der Waals surface area contributed by atoms with Crippen molar-refractivity contribution in [1.82, 2.24) is 0 Å². The van der Waals surface area contributed by atoms with Gasteiger partial charge in [-0.2, -0.15) is 0 Å². The molecule has 0 heterocycles. The monoisotopic (exact) mass is 262 g/mol. The van der Waals surface area contributed by atoms with Crippen LogP contribution in [0.15, 0.2) is 66.7 Å². The molecule has 0 saturated heterocycles. The summed E-state index contributed by atoms with van der Waals surface area (Å²) in [6.45, 7) is 0. The van der Waals surface area contributed by atoms with Crippen LogP contribution in [-0.4, -0.2) is 0 Å². The Morgan fingerprint density at radius 1 is 0.700 bits per heavy atom. The van der Waals surface area contributed by atoms with Gasteiger partial charge in [-0.15, -0.1) is 0 Å². The fourth-order valence-electron chi connectivity index (χ4n) is 3.13. The Kier molecular flexibility index (Phi) is 4.32. The molecule has 0 heteroatoms. The van der Waals surface area contributed by atoms with Gasteiger partial charge in [-0.1, -0.05) is 86.0 Å². The minimum atomic E-state index is 0.749. The van der Waals surface area contributed by atoms with Crippen LogP contribution in [0.25, 0.3) is 5.57 Å². The summed E-state index contributed by atoms with van der Waals surface area (Å²) in [4.78, 5) is 0. The SMILES string of the molecule is C(=C(c1ccccc1)c1ccccc1)C1CCCCC1. The summed E-state index contributed by atoms with van der Waals surface area (Å²) in [7, 11) is 0. The van der Waals surface area contributed by atoms with Crippen molar-refractivity contribution in [2.24, 2.45) is 5.92 Å². The molecule has 1 fully saturated rings. The van der Waals surface area contributed by atoms with Crippen molar-refractivity contribution in [2.75, 3.05) is 0 Å². The summed E-state index contributed by atoms with van der Waals surface area (Å²) >= 11 is 0. The fourth-order valence-corrected chi connectivity index (χ4v) is 3.13. The van der Waals surface area contributed by atoms with E-state index < -0.39 is 0 Å². The lowest BCUT2D eigenvalue weighted by Crippen LogP contribution is -2.04. The van der Waals surface area contributed by atoms with Gasteiger partial charge < -0.3 is 0 Å². The minimum Gasteiger partial charge on any atom is -0.0729 e. The zero-order valence-corrected chi connectivity index (χ0v) is 12.0. The average Bonchev–Trinajstić information content (AvgIpc) is 2.55. The highest BCUT2D eigenvalue weighted by Gasteiger charge is 2.13. The van der Waals surface area contributed by atoms with E-state index in [0.717, 1.165) is 5.92 Å². The van der Waals surface area contributed by atoms with Crippen LogP contribution < -0.4 is 0 Å². The van der Waals surface area contributed by atoms with Gasteiger partial charge in [0.1, 0.15) is 0 Å². The number of benzene rings is 2. The lowest BCUT2D eigenvalue weighted by Gasteiger charge is -2.20. The standard InChI is InChI=1S/C20H22/c1-4-10-17(11-5-1)16-20(18-12-6-2-7-13-18)19-14-8-3-9-15-19/h2-3,6-9,12-17H,1,4-5,10-11H2. The number of allylic oxidation sites excluding steroid dienone is 1. The van der Waals surface area contributed by atoms with E-state index in [-0.39, 0.29) is 0 Å². The molecule has 0 bridgehead atoms. The summed E-state index contributed by atoms with van der Waals surface area (Å²) in [6, 6.07) is 21.6. The zero-order valence-electron chi connectivity index (χ0n) is 12.0. The van der Waals surface area contributed by atoms with Crippen LogP contribution in [0.1, 0.15) is 43.2 Å². The summed E-state index contributed by atoms with van der Waals surface area (Å²) in [5.74, 6) is 0.749. The molecule has 0 spiro atoms. The molecule has 1 aliphatic carbocycles. The third-order valence-electron chi connectivity index (χ3n) is 4.22. The van der Waals surface area contributed by atoms with E-state index in [2.05, 4.69) is 66.7 Å². The maximum atomic E-state index is 2.52. The molecule has 0 aliphatic heterocycles. The molecule has 1 aliphatic rings. The zero-order chi connectivity index (χ0) is 13.6. The maximum absolute atomic E-state index is 2.52. The normalized spacial score (nSPS) is 15.8. The third-order valence-corrected chi connectivity index (χ3v) is 4.22. The smallest absolute Gasteiger partial charge is 0.0149 e. The Hall–Kier alpha value is -1.82. The lowest BCUT2D eigenvalue weighted by atomic mass is 9.85. The Balaban J connectivity index is 1.97. The van der Waals surface area contributed by atoms with Crippen molar-refractivity contribution < 1.29 is 0 Å². The first-order valence-electron chi connectivity index (χ1n) is 7.76. The molecular formula is C20H22. The van der Waals surface area contributed by atoms with E-state index in [1.54, 1.807) is 0 Å². The molecule has 0 unspecified atom stereocenters. The van der Waals surface area contributed by atoms with Crippen LogP contribution in [0, 0.1) is 5.92 Å². The first kappa shape index (κ1) is 13.2. The topological polar surface area (TPSA) is 0 Å². The van der Waals surface area contributed by atoms with Gasteiger partial charge >= 0.3 is 0 Å². The molecular weight excluding hydrogens is 240 g/mol. The van der Waals surface area contributed by atoms with Crippen molar-refractivity contribution in [3.63, 3.8) is 0 Å². The molecule has 0 amide bonds. The van der Waals surface area contributed by atoms with E-state index in [4.69, 9.17) is 0 Å². The van der Waals surface area contributed by atoms with E-state index in [0.29, 0.717) is 0 Å². The van der Waals surface area contributed by atoms with E-state index in [1.165, 1.54) is 48.8 Å². The van der Waals surface area contributed by atoms with E-state index in [9.17, 15) is 0 Å². The molecule has 102 valence electrons. The van der Waals surface area contributed by atoms with Crippen molar-refractivity contribution in [2.45, 2.75) is 32.1 Å². The predicted molar refractivity (Wildman–Crippen MR) is 86.5 cm³/mol. The Bertz CT molecular complexity index is 504.